The van der Waals surface area contributed by atoms with Crippen molar-refractivity contribution in [1.29, 1.82) is 0 Å². The minimum atomic E-state index is -0.648. The Bertz CT molecular complexity index is 1100. The van der Waals surface area contributed by atoms with Crippen LogP contribution in [0, 0.1) is 17.7 Å². The number of hydrogen-bond acceptors (Lipinski definition) is 8. The summed E-state index contributed by atoms with van der Waals surface area (Å²) in [5.74, 6) is 0.466. The number of fused-ring (bicyclic) bond motifs is 2. The highest BCUT2D eigenvalue weighted by molar-refractivity contribution is 5.97. The first-order chi connectivity index (χ1) is 17.7. The molecule has 1 saturated heterocycles. The molecule has 37 heavy (non-hydrogen) atoms. The van der Waals surface area contributed by atoms with Crippen molar-refractivity contribution in [2.75, 3.05) is 38.7 Å². The normalized spacial score (nSPS) is 24.1. The summed E-state index contributed by atoms with van der Waals surface area (Å²) in [5.41, 5.74) is 0.380. The van der Waals surface area contributed by atoms with E-state index >= 15 is 0 Å². The molecule has 1 N–H and O–H groups in total. The van der Waals surface area contributed by atoms with E-state index in [9.17, 15) is 14.3 Å². The lowest BCUT2D eigenvalue weighted by atomic mass is 9.64. The van der Waals surface area contributed by atoms with Gasteiger partial charge in [0.1, 0.15) is 5.60 Å². The molecule has 2 heterocycles. The van der Waals surface area contributed by atoms with Crippen molar-refractivity contribution in [3.05, 3.63) is 35.0 Å². The van der Waals surface area contributed by atoms with Crippen LogP contribution in [0.2, 0.25) is 0 Å². The van der Waals surface area contributed by atoms with E-state index in [4.69, 9.17) is 13.9 Å². The van der Waals surface area contributed by atoms with Gasteiger partial charge in [-0.3, -0.25) is 9.69 Å². The number of methoxy groups -OCH3 is 1. The first kappa shape index (κ1) is 26.0. The molecule has 4 fully saturated rings. The van der Waals surface area contributed by atoms with E-state index < -0.39 is 5.82 Å². The number of hydrogen-bond donors (Lipinski definition) is 1. The Hall–Kier alpha value is -2.65. The fourth-order valence-corrected chi connectivity index (χ4v) is 5.92. The quantitative estimate of drug-likeness (QED) is 0.435. The van der Waals surface area contributed by atoms with Gasteiger partial charge in [0.15, 0.2) is 34.6 Å². The standard InChI is InChI=1S/C28H38FN3O5/c1-5-28(35-4)15-32(16-28)27-30-25(24(37-27)14-31(3)6-2)22(33)12-19-11-21(29)26(23(34)13-19)36-20-9-17-7-18(8-17)10-20/h11,13,17-18,20,34H,5-10,12,14-16H2,1-4H3. The molecule has 0 atom stereocenters. The molecule has 0 amide bonds. The van der Waals surface area contributed by atoms with E-state index in [0.717, 1.165) is 25.8 Å². The third kappa shape index (κ3) is 5.21. The summed E-state index contributed by atoms with van der Waals surface area (Å²) in [6, 6.07) is 3.09. The number of phenols is 1. The number of anilines is 1. The second kappa shape index (κ2) is 10.3. The van der Waals surface area contributed by atoms with E-state index in [2.05, 4.69) is 11.9 Å². The van der Waals surface area contributed by atoms with Crippen LogP contribution in [-0.4, -0.2) is 66.3 Å². The van der Waals surface area contributed by atoms with Gasteiger partial charge in [0.2, 0.25) is 0 Å². The Morgan fingerprint density at radius 2 is 1.95 bits per heavy atom. The molecule has 1 aromatic heterocycles. The molecule has 3 aliphatic carbocycles. The molecule has 0 radical (unpaired) electrons. The number of aromatic nitrogens is 1. The number of aromatic hydroxyl groups is 1. The van der Waals surface area contributed by atoms with Crippen LogP contribution in [0.1, 0.15) is 67.8 Å². The summed E-state index contributed by atoms with van der Waals surface area (Å²) in [6.45, 7) is 6.58. The van der Waals surface area contributed by atoms with E-state index in [1.54, 1.807) is 7.11 Å². The summed E-state index contributed by atoms with van der Waals surface area (Å²) in [5, 5.41) is 10.5. The molecule has 1 aliphatic heterocycles. The van der Waals surface area contributed by atoms with Gasteiger partial charge in [-0.1, -0.05) is 13.8 Å². The zero-order chi connectivity index (χ0) is 26.3. The second-order valence-electron chi connectivity index (χ2n) is 11.1. The Kier molecular flexibility index (Phi) is 7.20. The summed E-state index contributed by atoms with van der Waals surface area (Å²) in [4.78, 5) is 21.9. The number of ketones is 1. The molecule has 9 heteroatoms. The fraction of sp³-hybridized carbons (Fsp3) is 0.643. The van der Waals surface area contributed by atoms with Crippen molar-refractivity contribution < 1.29 is 28.2 Å². The minimum Gasteiger partial charge on any atom is -0.504 e. The number of carbonyl (C=O) groups excluding carboxylic acids is 1. The number of Topliss-reactive ketones (excluding diaryl/α,β-unsaturated/α-hetero) is 1. The van der Waals surface area contributed by atoms with Crippen LogP contribution in [0.4, 0.5) is 10.4 Å². The van der Waals surface area contributed by atoms with Crippen LogP contribution in [0.25, 0.3) is 0 Å². The number of oxazole rings is 1. The van der Waals surface area contributed by atoms with Crippen molar-refractivity contribution in [1.82, 2.24) is 9.88 Å². The third-order valence-corrected chi connectivity index (χ3v) is 8.47. The highest BCUT2D eigenvalue weighted by atomic mass is 19.1. The Morgan fingerprint density at radius 3 is 2.54 bits per heavy atom. The van der Waals surface area contributed by atoms with Crippen molar-refractivity contribution in [3.63, 3.8) is 0 Å². The Balaban J connectivity index is 1.31. The molecule has 2 aromatic rings. The molecular formula is C28H38FN3O5. The van der Waals surface area contributed by atoms with Gasteiger partial charge in [-0.2, -0.15) is 4.98 Å². The Labute approximate surface area is 217 Å². The van der Waals surface area contributed by atoms with Gasteiger partial charge in [0.25, 0.3) is 6.01 Å². The fourth-order valence-electron chi connectivity index (χ4n) is 5.92. The zero-order valence-corrected chi connectivity index (χ0v) is 22.3. The highest BCUT2D eigenvalue weighted by Gasteiger charge is 2.44. The van der Waals surface area contributed by atoms with Crippen molar-refractivity contribution in [3.8, 4) is 11.5 Å². The largest absolute Gasteiger partial charge is 0.504 e. The third-order valence-electron chi connectivity index (χ3n) is 8.47. The van der Waals surface area contributed by atoms with Gasteiger partial charge in [-0.25, -0.2) is 4.39 Å². The average Bonchev–Trinajstić information content (AvgIpc) is 3.24. The number of benzene rings is 1. The van der Waals surface area contributed by atoms with Crippen LogP contribution >= 0.6 is 0 Å². The van der Waals surface area contributed by atoms with Crippen molar-refractivity contribution in [2.45, 2.75) is 70.6 Å². The topological polar surface area (TPSA) is 88.3 Å². The number of ether oxygens (including phenoxy) is 2. The smallest absolute Gasteiger partial charge is 0.298 e. The number of nitrogens with zero attached hydrogens (tertiary/aromatic N) is 3. The van der Waals surface area contributed by atoms with Crippen LogP contribution in [0.3, 0.4) is 0 Å². The molecule has 0 unspecified atom stereocenters. The number of rotatable bonds is 11. The Morgan fingerprint density at radius 1 is 1.24 bits per heavy atom. The van der Waals surface area contributed by atoms with Gasteiger partial charge in [-0.15, -0.1) is 0 Å². The lowest BCUT2D eigenvalue weighted by molar-refractivity contribution is -0.0379. The minimum absolute atomic E-state index is 0.0666. The van der Waals surface area contributed by atoms with Gasteiger partial charge in [0, 0.05) is 13.5 Å². The van der Waals surface area contributed by atoms with Crippen LogP contribution in [0.15, 0.2) is 16.5 Å². The first-order valence-corrected chi connectivity index (χ1v) is 13.4. The predicted molar refractivity (Wildman–Crippen MR) is 137 cm³/mol. The molecule has 2 bridgehead atoms. The molecule has 202 valence electrons. The molecule has 4 aliphatic rings. The lowest BCUT2D eigenvalue weighted by Gasteiger charge is -2.47. The van der Waals surface area contributed by atoms with Gasteiger partial charge < -0.3 is 23.9 Å². The van der Waals surface area contributed by atoms with Crippen LogP contribution in [0.5, 0.6) is 11.5 Å². The number of halogens is 1. The summed E-state index contributed by atoms with van der Waals surface area (Å²) in [7, 11) is 3.64. The highest BCUT2D eigenvalue weighted by Crippen LogP contribution is 2.47. The summed E-state index contributed by atoms with van der Waals surface area (Å²) >= 11 is 0. The van der Waals surface area contributed by atoms with Gasteiger partial charge >= 0.3 is 0 Å². The van der Waals surface area contributed by atoms with Gasteiger partial charge in [-0.05, 0) is 75.2 Å². The molecule has 0 spiro atoms. The van der Waals surface area contributed by atoms with Crippen molar-refractivity contribution >= 4 is 11.8 Å². The van der Waals surface area contributed by atoms with Crippen molar-refractivity contribution in [2.24, 2.45) is 11.8 Å². The van der Waals surface area contributed by atoms with Crippen LogP contribution in [-0.2, 0) is 17.7 Å². The maximum absolute atomic E-state index is 15.0. The molecular weight excluding hydrogens is 477 g/mol. The zero-order valence-electron chi connectivity index (χ0n) is 22.3. The molecule has 6 rings (SSSR count). The monoisotopic (exact) mass is 515 g/mol. The predicted octanol–water partition coefficient (Wildman–Crippen LogP) is 4.58. The van der Waals surface area contributed by atoms with Gasteiger partial charge in [0.05, 0.1) is 25.7 Å². The maximum atomic E-state index is 15.0. The van der Waals surface area contributed by atoms with E-state index in [1.165, 1.54) is 25.0 Å². The number of carbonyl (C=O) groups is 1. The SMILES string of the molecule is CCN(C)Cc1oc(N2CC(CC)(OC)C2)nc1C(=O)Cc1cc(O)c(OC2CC3CC(C3)C2)c(F)c1. The van der Waals surface area contributed by atoms with Crippen LogP contribution < -0.4 is 9.64 Å². The first-order valence-electron chi connectivity index (χ1n) is 13.4. The molecule has 8 nitrogen and oxygen atoms in total. The molecule has 1 aromatic carbocycles. The summed E-state index contributed by atoms with van der Waals surface area (Å²) < 4.78 is 32.5. The molecule has 3 saturated carbocycles. The second-order valence-corrected chi connectivity index (χ2v) is 11.1. The van der Waals surface area contributed by atoms with E-state index in [-0.39, 0.29) is 41.1 Å². The maximum Gasteiger partial charge on any atom is 0.298 e. The summed E-state index contributed by atoms with van der Waals surface area (Å²) in [6.07, 6.45) is 4.97. The average molecular weight is 516 g/mol. The number of phenolic OH excluding ortho intramolecular Hbond substituents is 1. The lowest BCUT2D eigenvalue weighted by Crippen LogP contribution is -2.62. The van der Waals surface area contributed by atoms with E-state index in [0.29, 0.717) is 48.8 Å². The van der Waals surface area contributed by atoms with E-state index in [1.807, 2.05) is 23.8 Å².